The summed E-state index contributed by atoms with van der Waals surface area (Å²) in [6, 6.07) is 3.20. The molecule has 2 rings (SSSR count). The largest absolute Gasteiger partial charge is 0.370 e. The smallest absolute Gasteiger partial charge is 0.241 e. The average Bonchev–Trinajstić information content (AvgIpc) is 2.42. The molecule has 0 radical (unpaired) electrons. The van der Waals surface area contributed by atoms with E-state index in [0.29, 0.717) is 12.4 Å². The summed E-state index contributed by atoms with van der Waals surface area (Å²) in [4.78, 5) is 4.40. The lowest BCUT2D eigenvalue weighted by atomic mass is 9.97. The van der Waals surface area contributed by atoms with Crippen molar-refractivity contribution >= 4 is 15.8 Å². The van der Waals surface area contributed by atoms with Gasteiger partial charge in [-0.05, 0) is 25.8 Å². The maximum Gasteiger partial charge on any atom is 0.241 e. The quantitative estimate of drug-likeness (QED) is 0.877. The number of pyridine rings is 1. The molecule has 1 aromatic heterocycles. The van der Waals surface area contributed by atoms with Gasteiger partial charge in [0.1, 0.15) is 5.82 Å². The van der Waals surface area contributed by atoms with E-state index in [0.717, 1.165) is 25.7 Å². The zero-order valence-corrected chi connectivity index (χ0v) is 13.5. The summed E-state index contributed by atoms with van der Waals surface area (Å²) in [6.07, 6.45) is 9.30. The van der Waals surface area contributed by atoms with Gasteiger partial charge < -0.3 is 5.32 Å². The van der Waals surface area contributed by atoms with E-state index >= 15 is 0 Å². The number of nitrogens with one attached hydrogen (secondary N) is 2. The first-order chi connectivity index (χ1) is 10.1. The van der Waals surface area contributed by atoms with Gasteiger partial charge in [0.15, 0.2) is 0 Å². The summed E-state index contributed by atoms with van der Waals surface area (Å²) < 4.78 is 27.8. The Hall–Kier alpha value is -1.14. The molecule has 21 heavy (non-hydrogen) atoms. The van der Waals surface area contributed by atoms with Crippen LogP contribution in [0.1, 0.15) is 51.9 Å². The van der Waals surface area contributed by atoms with Crippen molar-refractivity contribution < 1.29 is 8.42 Å². The first-order valence-electron chi connectivity index (χ1n) is 7.84. The molecule has 0 amide bonds. The second kappa shape index (κ2) is 7.75. The second-order valence-corrected chi connectivity index (χ2v) is 7.28. The third kappa shape index (κ3) is 4.97. The minimum Gasteiger partial charge on any atom is -0.370 e. The van der Waals surface area contributed by atoms with Crippen molar-refractivity contribution in [1.29, 1.82) is 0 Å². The van der Waals surface area contributed by atoms with Crippen molar-refractivity contribution in [2.45, 2.75) is 62.8 Å². The van der Waals surface area contributed by atoms with Gasteiger partial charge in [0.25, 0.3) is 0 Å². The zero-order chi connectivity index (χ0) is 15.1. The van der Waals surface area contributed by atoms with Crippen LogP contribution in [0.15, 0.2) is 23.2 Å². The van der Waals surface area contributed by atoms with Crippen LogP contribution in [0.5, 0.6) is 0 Å². The van der Waals surface area contributed by atoms with Crippen LogP contribution in [0.3, 0.4) is 0 Å². The van der Waals surface area contributed by atoms with Crippen LogP contribution < -0.4 is 10.0 Å². The summed E-state index contributed by atoms with van der Waals surface area (Å²) in [5, 5.41) is 3.04. The van der Waals surface area contributed by atoms with Gasteiger partial charge in [-0.3, -0.25) is 0 Å². The van der Waals surface area contributed by atoms with Gasteiger partial charge in [-0.2, -0.15) is 0 Å². The summed E-state index contributed by atoms with van der Waals surface area (Å²) in [5.41, 5.74) is 0. The Kier molecular flexibility index (Phi) is 5.99. The van der Waals surface area contributed by atoms with Gasteiger partial charge in [0, 0.05) is 24.8 Å². The average molecular weight is 311 g/mol. The van der Waals surface area contributed by atoms with Crippen molar-refractivity contribution in [3.63, 3.8) is 0 Å². The first-order valence-corrected chi connectivity index (χ1v) is 9.32. The predicted octanol–water partition coefficient (Wildman–Crippen LogP) is 2.90. The molecule has 0 unspecified atom stereocenters. The lowest BCUT2D eigenvalue weighted by Crippen LogP contribution is -2.35. The van der Waals surface area contributed by atoms with Gasteiger partial charge in [0.05, 0.1) is 4.90 Å². The fourth-order valence-corrected chi connectivity index (χ4v) is 4.03. The van der Waals surface area contributed by atoms with E-state index in [4.69, 9.17) is 0 Å². The van der Waals surface area contributed by atoms with Gasteiger partial charge >= 0.3 is 0 Å². The van der Waals surface area contributed by atoms with E-state index in [9.17, 15) is 8.42 Å². The van der Waals surface area contributed by atoms with Crippen LogP contribution in [0.4, 0.5) is 5.82 Å². The monoisotopic (exact) mass is 311 g/mol. The van der Waals surface area contributed by atoms with Crippen LogP contribution in [0.25, 0.3) is 0 Å². The van der Waals surface area contributed by atoms with Gasteiger partial charge in [-0.1, -0.05) is 32.1 Å². The molecule has 1 aliphatic rings. The fourth-order valence-electron chi connectivity index (χ4n) is 2.72. The Balaban J connectivity index is 2.07. The summed E-state index contributed by atoms with van der Waals surface area (Å²) in [6.45, 7) is 2.67. The number of anilines is 1. The van der Waals surface area contributed by atoms with E-state index in [-0.39, 0.29) is 10.9 Å². The second-order valence-electron chi connectivity index (χ2n) is 5.57. The molecule has 0 bridgehead atoms. The number of nitrogens with zero attached hydrogens (tertiary/aromatic N) is 1. The molecule has 6 heteroatoms. The summed E-state index contributed by atoms with van der Waals surface area (Å²) >= 11 is 0. The van der Waals surface area contributed by atoms with Gasteiger partial charge in [-0.15, -0.1) is 0 Å². The molecule has 2 N–H and O–H groups in total. The molecular weight excluding hydrogens is 286 g/mol. The Morgan fingerprint density at radius 1 is 1.19 bits per heavy atom. The third-order valence-corrected chi connectivity index (χ3v) is 5.34. The summed E-state index contributed by atoms with van der Waals surface area (Å²) in [7, 11) is -3.46. The highest BCUT2D eigenvalue weighted by Gasteiger charge is 2.21. The predicted molar refractivity (Wildman–Crippen MR) is 84.8 cm³/mol. The normalized spacial score (nSPS) is 18.0. The van der Waals surface area contributed by atoms with E-state index in [1.165, 1.54) is 25.5 Å². The minimum atomic E-state index is -3.46. The molecule has 1 aliphatic carbocycles. The molecule has 0 aliphatic heterocycles. The number of hydrogen-bond donors (Lipinski definition) is 2. The van der Waals surface area contributed by atoms with E-state index in [1.54, 1.807) is 12.1 Å². The molecule has 1 aromatic rings. The third-order valence-electron chi connectivity index (χ3n) is 3.83. The summed E-state index contributed by atoms with van der Waals surface area (Å²) in [5.74, 6) is 0.595. The highest BCUT2D eigenvalue weighted by molar-refractivity contribution is 7.89. The minimum absolute atomic E-state index is 0.0612. The SMILES string of the molecule is CCNc1cc(S(=O)(=O)NC2CCCCCCC2)ccn1. The molecule has 0 spiro atoms. The Labute approximate surface area is 127 Å². The maximum absolute atomic E-state index is 12.5. The molecule has 1 heterocycles. The highest BCUT2D eigenvalue weighted by Crippen LogP contribution is 2.20. The van der Waals surface area contributed by atoms with E-state index in [2.05, 4.69) is 15.0 Å². The lowest BCUT2D eigenvalue weighted by molar-refractivity contribution is 0.426. The number of sulfonamides is 1. The fraction of sp³-hybridized carbons (Fsp3) is 0.667. The molecule has 1 fully saturated rings. The first kappa shape index (κ1) is 16.2. The van der Waals surface area contributed by atoms with Crippen molar-refractivity contribution in [2.75, 3.05) is 11.9 Å². The Morgan fingerprint density at radius 3 is 2.52 bits per heavy atom. The van der Waals surface area contributed by atoms with Crippen LogP contribution >= 0.6 is 0 Å². The van der Waals surface area contributed by atoms with Crippen molar-refractivity contribution in [3.8, 4) is 0 Å². The number of hydrogen-bond acceptors (Lipinski definition) is 4. The standard InChI is InChI=1S/C15H25N3O2S/c1-2-16-15-12-14(10-11-17-15)21(19,20)18-13-8-6-4-3-5-7-9-13/h10-13,18H,2-9H2,1H3,(H,16,17). The molecule has 0 saturated heterocycles. The van der Waals surface area contributed by atoms with Crippen LogP contribution in [-0.4, -0.2) is 26.0 Å². The molecule has 5 nitrogen and oxygen atoms in total. The Morgan fingerprint density at radius 2 is 1.86 bits per heavy atom. The molecule has 1 saturated carbocycles. The van der Waals surface area contributed by atoms with E-state index in [1.807, 2.05) is 6.92 Å². The van der Waals surface area contributed by atoms with Crippen molar-refractivity contribution in [1.82, 2.24) is 9.71 Å². The number of aromatic nitrogens is 1. The van der Waals surface area contributed by atoms with Crippen molar-refractivity contribution in [3.05, 3.63) is 18.3 Å². The zero-order valence-electron chi connectivity index (χ0n) is 12.6. The number of rotatable bonds is 5. The van der Waals surface area contributed by atoms with Gasteiger partial charge in [0.2, 0.25) is 10.0 Å². The molecular formula is C15H25N3O2S. The van der Waals surface area contributed by atoms with Gasteiger partial charge in [-0.25, -0.2) is 18.1 Å². The lowest BCUT2D eigenvalue weighted by Gasteiger charge is -2.21. The highest BCUT2D eigenvalue weighted by atomic mass is 32.2. The van der Waals surface area contributed by atoms with Crippen LogP contribution in [0.2, 0.25) is 0 Å². The molecule has 0 atom stereocenters. The topological polar surface area (TPSA) is 71.1 Å². The van der Waals surface area contributed by atoms with E-state index < -0.39 is 10.0 Å². The van der Waals surface area contributed by atoms with Crippen LogP contribution in [0, 0.1) is 0 Å². The van der Waals surface area contributed by atoms with Crippen LogP contribution in [-0.2, 0) is 10.0 Å². The molecule has 118 valence electrons. The van der Waals surface area contributed by atoms with Crippen molar-refractivity contribution in [2.24, 2.45) is 0 Å². The molecule has 0 aromatic carbocycles. The maximum atomic E-state index is 12.5. The Bertz CT molecular complexity index is 538.